The minimum Gasteiger partial charge on any atom is -0.476 e. The van der Waals surface area contributed by atoms with Gasteiger partial charge in [-0.1, -0.05) is 6.07 Å². The number of hydrogen-bond acceptors (Lipinski definition) is 5. The van der Waals surface area contributed by atoms with Crippen LogP contribution in [0.5, 0.6) is 5.75 Å². The average molecular weight is 418 g/mol. The Balaban J connectivity index is 1.97. The second-order valence-corrected chi connectivity index (χ2v) is 7.11. The molecule has 0 spiro atoms. The van der Waals surface area contributed by atoms with Gasteiger partial charge in [0.05, 0.1) is 28.5 Å². The Morgan fingerprint density at radius 1 is 1.23 bits per heavy atom. The molecule has 0 aliphatic heterocycles. The Morgan fingerprint density at radius 3 is 2.52 bits per heavy atom. The molecular weight excluding hydrogens is 402 g/mol. The molecule has 0 aliphatic rings. The molecule has 4 aromatic rings. The van der Waals surface area contributed by atoms with Crippen molar-refractivity contribution in [1.82, 2.24) is 19.6 Å². The largest absolute Gasteiger partial charge is 0.476 e. The number of aromatic nitrogens is 4. The summed E-state index contributed by atoms with van der Waals surface area (Å²) in [6.45, 7) is 2.92. The number of hydrogen-bond donors (Lipinski definition) is 1. The second-order valence-electron chi connectivity index (χ2n) is 7.11. The zero-order chi connectivity index (χ0) is 22.3. The van der Waals surface area contributed by atoms with E-state index in [1.807, 2.05) is 6.92 Å². The quantitative estimate of drug-likeness (QED) is 0.501. The fraction of sp³-hybridized carbons (Fsp3) is 0.143. The Kier molecular flexibility index (Phi) is 4.85. The van der Waals surface area contributed by atoms with Crippen molar-refractivity contribution in [3.8, 4) is 17.1 Å². The first kappa shape index (κ1) is 20.3. The van der Waals surface area contributed by atoms with Crippen LogP contribution in [-0.4, -0.2) is 44.2 Å². The number of ether oxygens (including phenoxy) is 1. The van der Waals surface area contributed by atoms with Gasteiger partial charge >= 0.3 is 5.97 Å². The lowest BCUT2D eigenvalue weighted by atomic mass is 9.99. The van der Waals surface area contributed by atoms with Crippen molar-refractivity contribution in [2.75, 3.05) is 0 Å². The van der Waals surface area contributed by atoms with Gasteiger partial charge in [0.15, 0.2) is 13.6 Å². The van der Waals surface area contributed by atoms with E-state index in [9.17, 15) is 19.1 Å². The van der Waals surface area contributed by atoms with Crippen LogP contribution in [0.3, 0.4) is 0 Å². The highest BCUT2D eigenvalue weighted by Gasteiger charge is 2.21. The van der Waals surface area contributed by atoms with E-state index in [-0.39, 0.29) is 11.1 Å². The molecule has 0 amide bonds. The molecule has 1 unspecified atom stereocenters. The highest BCUT2D eigenvalue weighted by Crippen LogP contribution is 2.24. The van der Waals surface area contributed by atoms with Crippen LogP contribution in [0.2, 0.25) is 0 Å². The number of halogens is 1. The van der Waals surface area contributed by atoms with Crippen LogP contribution in [0, 0.1) is 6.92 Å². The zero-order valence-corrected chi connectivity index (χ0v) is 16.6. The van der Waals surface area contributed by atoms with Crippen LogP contribution < -0.4 is 10.2 Å². The van der Waals surface area contributed by atoms with Gasteiger partial charge in [-0.15, -0.1) is 0 Å². The maximum atomic E-state index is 13.5. The second kappa shape index (κ2) is 7.39. The lowest BCUT2D eigenvalue weighted by Crippen LogP contribution is -2.26. The number of benzene rings is 2. The molecule has 1 N–H and O–H groups in total. The molecule has 8 nitrogen and oxygen atoms in total. The fourth-order valence-corrected chi connectivity index (χ4v) is 3.21. The molecule has 154 valence electrons. The molecule has 0 fully saturated rings. The monoisotopic (exact) mass is 418 g/mol. The summed E-state index contributed by atoms with van der Waals surface area (Å²) in [7, 11) is 5.22. The highest BCUT2D eigenvalue weighted by molar-refractivity contribution is 6.13. The SMILES string of the molecule is [B]C(C)(F)Oc1ccc(-n2nc(C(=O)O)c(=O)c3c(-n4cc(C)cn4)cccc32)cc1. The number of alkyl halides is 1. The fourth-order valence-electron chi connectivity index (χ4n) is 3.21. The molecule has 0 aliphatic carbocycles. The Labute approximate surface area is 176 Å². The van der Waals surface area contributed by atoms with Gasteiger partial charge in [0.25, 0.3) is 0 Å². The first-order chi connectivity index (χ1) is 14.6. The van der Waals surface area contributed by atoms with Gasteiger partial charge in [0.2, 0.25) is 11.1 Å². The van der Waals surface area contributed by atoms with Crippen LogP contribution in [0.4, 0.5) is 4.39 Å². The molecular formula is C21H16BFN4O4. The summed E-state index contributed by atoms with van der Waals surface area (Å²) in [5.41, 5.74) is 0.752. The van der Waals surface area contributed by atoms with Gasteiger partial charge in [-0.25, -0.2) is 18.5 Å². The van der Waals surface area contributed by atoms with Gasteiger partial charge in [-0.2, -0.15) is 10.2 Å². The summed E-state index contributed by atoms with van der Waals surface area (Å²) in [4.78, 5) is 24.7. The molecule has 0 saturated carbocycles. The summed E-state index contributed by atoms with van der Waals surface area (Å²) < 4.78 is 21.3. The van der Waals surface area contributed by atoms with Crippen molar-refractivity contribution in [1.29, 1.82) is 0 Å². The smallest absolute Gasteiger partial charge is 0.360 e. The summed E-state index contributed by atoms with van der Waals surface area (Å²) in [6, 6.07) is 11.1. The van der Waals surface area contributed by atoms with E-state index < -0.39 is 22.8 Å². The van der Waals surface area contributed by atoms with Crippen molar-refractivity contribution in [3.05, 3.63) is 76.3 Å². The number of carboxylic acid groups (broad SMARTS) is 1. The molecule has 0 bridgehead atoms. The maximum absolute atomic E-state index is 13.5. The maximum Gasteiger partial charge on any atom is 0.360 e. The van der Waals surface area contributed by atoms with Crippen molar-refractivity contribution in [2.24, 2.45) is 0 Å². The lowest BCUT2D eigenvalue weighted by molar-refractivity contribution is 0.0391. The molecule has 10 heteroatoms. The molecule has 2 radical (unpaired) electrons. The first-order valence-electron chi connectivity index (χ1n) is 9.22. The van der Waals surface area contributed by atoms with Crippen LogP contribution in [0.25, 0.3) is 22.3 Å². The standard InChI is InChI=1S/C21H16BFN4O4/c1-12-10-24-26(11-12)15-4-3-5-16-17(15)19(28)18(20(29)30)25-27(16)13-6-8-14(9-7-13)31-21(2,22)23/h3-11H,1-2H3,(H,29,30). The van der Waals surface area contributed by atoms with Gasteiger partial charge < -0.3 is 9.84 Å². The third-order valence-corrected chi connectivity index (χ3v) is 4.45. The van der Waals surface area contributed by atoms with Crippen molar-refractivity contribution in [2.45, 2.75) is 19.6 Å². The number of carbonyl (C=O) groups is 1. The van der Waals surface area contributed by atoms with E-state index in [2.05, 4.69) is 10.2 Å². The number of rotatable bonds is 5. The number of fused-ring (bicyclic) bond motifs is 1. The van der Waals surface area contributed by atoms with Crippen molar-refractivity contribution in [3.63, 3.8) is 0 Å². The molecule has 2 aromatic carbocycles. The topological polar surface area (TPSA) is 99.2 Å². The van der Waals surface area contributed by atoms with Crippen LogP contribution in [-0.2, 0) is 0 Å². The summed E-state index contributed by atoms with van der Waals surface area (Å²) in [5.74, 6) is -3.63. The summed E-state index contributed by atoms with van der Waals surface area (Å²) in [5, 5.41) is 18.0. The summed E-state index contributed by atoms with van der Waals surface area (Å²) in [6.07, 6.45) is 3.36. The Hall–Kier alpha value is -3.95. The predicted molar refractivity (Wildman–Crippen MR) is 112 cm³/mol. The predicted octanol–water partition coefficient (Wildman–Crippen LogP) is 2.77. The first-order valence-corrected chi connectivity index (χ1v) is 9.22. The normalized spacial score (nSPS) is 13.1. The third-order valence-electron chi connectivity index (χ3n) is 4.45. The molecule has 0 saturated heterocycles. The Bertz CT molecular complexity index is 1360. The van der Waals surface area contributed by atoms with E-state index in [0.717, 1.165) is 12.5 Å². The zero-order valence-electron chi connectivity index (χ0n) is 16.6. The Morgan fingerprint density at radius 2 is 1.94 bits per heavy atom. The molecule has 2 heterocycles. The average Bonchev–Trinajstić information content (AvgIpc) is 3.13. The minimum absolute atomic E-state index is 0.150. The number of carboxylic acids is 1. The molecule has 4 rings (SSSR count). The van der Waals surface area contributed by atoms with Crippen LogP contribution in [0.1, 0.15) is 23.0 Å². The lowest BCUT2D eigenvalue weighted by Gasteiger charge is -2.18. The van der Waals surface area contributed by atoms with Gasteiger partial charge in [-0.3, -0.25) is 4.79 Å². The van der Waals surface area contributed by atoms with Crippen LogP contribution in [0.15, 0.2) is 59.7 Å². The number of aryl methyl sites for hydroxylation is 1. The summed E-state index contributed by atoms with van der Waals surface area (Å²) >= 11 is 0. The van der Waals surface area contributed by atoms with Gasteiger partial charge in [0, 0.05) is 6.20 Å². The van der Waals surface area contributed by atoms with Crippen molar-refractivity contribution < 1.29 is 19.0 Å². The number of nitrogens with zero attached hydrogens (tertiary/aromatic N) is 4. The van der Waals surface area contributed by atoms with E-state index in [1.165, 1.54) is 21.5 Å². The van der Waals surface area contributed by atoms with Gasteiger partial charge in [0.1, 0.15) is 5.75 Å². The van der Waals surface area contributed by atoms with E-state index in [0.29, 0.717) is 16.9 Å². The third kappa shape index (κ3) is 3.92. The van der Waals surface area contributed by atoms with E-state index in [1.54, 1.807) is 42.7 Å². The van der Waals surface area contributed by atoms with Crippen LogP contribution >= 0.6 is 0 Å². The molecule has 2 aromatic heterocycles. The van der Waals surface area contributed by atoms with E-state index in [4.69, 9.17) is 12.6 Å². The molecule has 1 atom stereocenters. The number of aromatic carboxylic acids is 1. The van der Waals surface area contributed by atoms with E-state index >= 15 is 0 Å². The van der Waals surface area contributed by atoms with Gasteiger partial charge in [-0.05, 0) is 55.8 Å². The van der Waals surface area contributed by atoms with Crippen molar-refractivity contribution >= 4 is 24.7 Å². The minimum atomic E-state index is -2.35. The highest BCUT2D eigenvalue weighted by atomic mass is 19.2. The molecule has 31 heavy (non-hydrogen) atoms.